The zero-order valence-corrected chi connectivity index (χ0v) is 11.2. The summed E-state index contributed by atoms with van der Waals surface area (Å²) in [7, 11) is 1.43. The highest BCUT2D eigenvalue weighted by Crippen LogP contribution is 2.29. The van der Waals surface area contributed by atoms with E-state index in [0.717, 1.165) is 17.1 Å². The zero-order valence-electron chi connectivity index (χ0n) is 11.2. The quantitative estimate of drug-likeness (QED) is 0.658. The number of ether oxygens (including phenoxy) is 1. The molecule has 0 bridgehead atoms. The van der Waals surface area contributed by atoms with E-state index in [-0.39, 0.29) is 11.8 Å². The number of furan rings is 1. The van der Waals surface area contributed by atoms with Crippen molar-refractivity contribution in [3.05, 3.63) is 52.7 Å². The van der Waals surface area contributed by atoms with Crippen molar-refractivity contribution in [1.29, 1.82) is 0 Å². The Hall–Kier alpha value is -1.85. The predicted octanol–water partition coefficient (Wildman–Crippen LogP) is 2.60. The van der Waals surface area contributed by atoms with Crippen molar-refractivity contribution in [1.82, 2.24) is 5.43 Å². The first-order chi connectivity index (χ1) is 9.06. The van der Waals surface area contributed by atoms with Gasteiger partial charge in [0.1, 0.15) is 11.5 Å². The second-order valence-electron chi connectivity index (χ2n) is 4.36. The van der Waals surface area contributed by atoms with Crippen LogP contribution in [0, 0.1) is 19.7 Å². The molecule has 2 rings (SSSR count). The molecule has 0 saturated heterocycles. The van der Waals surface area contributed by atoms with Gasteiger partial charge in [0.2, 0.25) is 0 Å². The second-order valence-corrected chi connectivity index (χ2v) is 4.36. The Bertz CT molecular complexity index is 581. The van der Waals surface area contributed by atoms with Crippen molar-refractivity contribution in [2.24, 2.45) is 5.84 Å². The van der Waals surface area contributed by atoms with Crippen molar-refractivity contribution in [2.75, 3.05) is 7.11 Å². The van der Waals surface area contributed by atoms with Crippen LogP contribution in [0.2, 0.25) is 0 Å². The molecule has 0 radical (unpaired) electrons. The predicted molar refractivity (Wildman–Crippen MR) is 70.3 cm³/mol. The fourth-order valence-corrected chi connectivity index (χ4v) is 2.16. The number of nitrogens with one attached hydrogen (secondary N) is 1. The van der Waals surface area contributed by atoms with Crippen LogP contribution in [-0.4, -0.2) is 7.11 Å². The molecular weight excluding hydrogens is 247 g/mol. The summed E-state index contributed by atoms with van der Waals surface area (Å²) in [6, 6.07) is 6.33. The van der Waals surface area contributed by atoms with Gasteiger partial charge in [-0.25, -0.2) is 9.82 Å². The van der Waals surface area contributed by atoms with Gasteiger partial charge in [-0.05, 0) is 37.6 Å². The average Bonchev–Trinajstić information content (AvgIpc) is 2.70. The monoisotopic (exact) mass is 264 g/mol. The van der Waals surface area contributed by atoms with E-state index in [4.69, 9.17) is 15.0 Å². The van der Waals surface area contributed by atoms with E-state index >= 15 is 0 Å². The molecule has 0 fully saturated rings. The third-order valence-corrected chi connectivity index (χ3v) is 3.07. The number of hydrogen-bond donors (Lipinski definition) is 2. The molecule has 0 spiro atoms. The molecule has 0 saturated carbocycles. The second kappa shape index (κ2) is 5.42. The van der Waals surface area contributed by atoms with Crippen LogP contribution in [-0.2, 0) is 0 Å². The molecule has 1 atom stereocenters. The Labute approximate surface area is 111 Å². The maximum atomic E-state index is 13.8. The zero-order chi connectivity index (χ0) is 14.0. The summed E-state index contributed by atoms with van der Waals surface area (Å²) in [5, 5.41) is 0. The van der Waals surface area contributed by atoms with Gasteiger partial charge in [0, 0.05) is 5.56 Å². The third kappa shape index (κ3) is 2.62. The van der Waals surface area contributed by atoms with E-state index in [1.54, 1.807) is 12.1 Å². The van der Waals surface area contributed by atoms with Crippen LogP contribution < -0.4 is 16.0 Å². The SMILES string of the molecule is COc1ccc(C(NN)c2cc(C)oc2C)cc1F. The summed E-state index contributed by atoms with van der Waals surface area (Å²) >= 11 is 0. The molecule has 1 unspecified atom stereocenters. The fourth-order valence-electron chi connectivity index (χ4n) is 2.16. The van der Waals surface area contributed by atoms with Crippen molar-refractivity contribution in [3.63, 3.8) is 0 Å². The van der Waals surface area contributed by atoms with Crippen LogP contribution in [0.4, 0.5) is 4.39 Å². The summed E-state index contributed by atoms with van der Waals surface area (Å²) in [4.78, 5) is 0. The van der Waals surface area contributed by atoms with Crippen molar-refractivity contribution < 1.29 is 13.5 Å². The molecule has 2 aromatic rings. The minimum absolute atomic E-state index is 0.208. The Morgan fingerprint density at radius 3 is 2.53 bits per heavy atom. The lowest BCUT2D eigenvalue weighted by Gasteiger charge is -2.16. The van der Waals surface area contributed by atoms with Gasteiger partial charge in [0.05, 0.1) is 13.2 Å². The largest absolute Gasteiger partial charge is 0.494 e. The Kier molecular flexibility index (Phi) is 3.87. The van der Waals surface area contributed by atoms with Crippen LogP contribution in [0.5, 0.6) is 5.75 Å². The molecular formula is C14H17FN2O2. The molecule has 0 aliphatic heterocycles. The minimum atomic E-state index is -0.418. The highest BCUT2D eigenvalue weighted by Gasteiger charge is 2.19. The van der Waals surface area contributed by atoms with Gasteiger partial charge in [-0.1, -0.05) is 6.07 Å². The van der Waals surface area contributed by atoms with Gasteiger partial charge in [0.25, 0.3) is 0 Å². The lowest BCUT2D eigenvalue weighted by Crippen LogP contribution is -2.29. The number of aryl methyl sites for hydroxylation is 2. The van der Waals surface area contributed by atoms with E-state index in [9.17, 15) is 4.39 Å². The third-order valence-electron chi connectivity index (χ3n) is 3.07. The number of benzene rings is 1. The number of hydrogen-bond acceptors (Lipinski definition) is 4. The standard InChI is InChI=1S/C14H17FN2O2/c1-8-6-11(9(2)19-8)14(17-16)10-4-5-13(18-3)12(15)7-10/h4-7,14,17H,16H2,1-3H3. The Balaban J connectivity index is 2.42. The van der Waals surface area contributed by atoms with E-state index < -0.39 is 5.82 Å². The summed E-state index contributed by atoms with van der Waals surface area (Å²) < 4.78 is 24.1. The molecule has 0 aliphatic carbocycles. The lowest BCUT2D eigenvalue weighted by atomic mass is 9.99. The van der Waals surface area contributed by atoms with Crippen molar-refractivity contribution in [3.8, 4) is 5.75 Å². The topological polar surface area (TPSA) is 60.4 Å². The van der Waals surface area contributed by atoms with Crippen LogP contribution in [0.1, 0.15) is 28.7 Å². The number of halogens is 1. The summed E-state index contributed by atoms with van der Waals surface area (Å²) in [6.07, 6.45) is 0. The highest BCUT2D eigenvalue weighted by atomic mass is 19.1. The molecule has 3 N–H and O–H groups in total. The summed E-state index contributed by atoms with van der Waals surface area (Å²) in [5.74, 6) is 6.93. The lowest BCUT2D eigenvalue weighted by molar-refractivity contribution is 0.385. The molecule has 0 aliphatic rings. The van der Waals surface area contributed by atoms with Crippen molar-refractivity contribution >= 4 is 0 Å². The molecule has 0 amide bonds. The van der Waals surface area contributed by atoms with Gasteiger partial charge >= 0.3 is 0 Å². The highest BCUT2D eigenvalue weighted by molar-refractivity contribution is 5.38. The Morgan fingerprint density at radius 1 is 1.32 bits per heavy atom. The molecule has 1 aromatic carbocycles. The van der Waals surface area contributed by atoms with Crippen LogP contribution in [0.25, 0.3) is 0 Å². The van der Waals surface area contributed by atoms with E-state index in [1.807, 2.05) is 19.9 Å². The van der Waals surface area contributed by atoms with E-state index in [0.29, 0.717) is 5.56 Å². The number of methoxy groups -OCH3 is 1. The molecule has 102 valence electrons. The first-order valence-corrected chi connectivity index (χ1v) is 5.93. The first-order valence-electron chi connectivity index (χ1n) is 5.93. The molecule has 1 aromatic heterocycles. The Morgan fingerprint density at radius 2 is 2.05 bits per heavy atom. The average molecular weight is 264 g/mol. The summed E-state index contributed by atoms with van der Waals surface area (Å²) in [6.45, 7) is 3.71. The van der Waals surface area contributed by atoms with Gasteiger partial charge in [-0.2, -0.15) is 0 Å². The van der Waals surface area contributed by atoms with Gasteiger partial charge in [-0.3, -0.25) is 5.84 Å². The number of hydrazine groups is 1. The number of rotatable bonds is 4. The van der Waals surface area contributed by atoms with Crippen LogP contribution in [0.15, 0.2) is 28.7 Å². The normalized spacial score (nSPS) is 12.5. The number of nitrogens with two attached hydrogens (primary N) is 1. The van der Waals surface area contributed by atoms with Gasteiger partial charge < -0.3 is 9.15 Å². The van der Waals surface area contributed by atoms with Crippen LogP contribution in [0.3, 0.4) is 0 Å². The smallest absolute Gasteiger partial charge is 0.165 e. The summed E-state index contributed by atoms with van der Waals surface area (Å²) in [5.41, 5.74) is 4.29. The maximum Gasteiger partial charge on any atom is 0.165 e. The minimum Gasteiger partial charge on any atom is -0.494 e. The molecule has 1 heterocycles. The van der Waals surface area contributed by atoms with Crippen LogP contribution >= 0.6 is 0 Å². The van der Waals surface area contributed by atoms with Crippen molar-refractivity contribution in [2.45, 2.75) is 19.9 Å². The van der Waals surface area contributed by atoms with E-state index in [2.05, 4.69) is 5.43 Å². The van der Waals surface area contributed by atoms with E-state index in [1.165, 1.54) is 13.2 Å². The fraction of sp³-hybridized carbons (Fsp3) is 0.286. The van der Waals surface area contributed by atoms with Gasteiger partial charge in [0.15, 0.2) is 11.6 Å². The first kappa shape index (κ1) is 13.6. The molecule has 19 heavy (non-hydrogen) atoms. The molecule has 4 nitrogen and oxygen atoms in total. The molecule has 5 heteroatoms. The van der Waals surface area contributed by atoms with Gasteiger partial charge in [-0.15, -0.1) is 0 Å². The maximum absolute atomic E-state index is 13.8.